The number of hydrogen-bond donors (Lipinski definition) is 1. The number of amides is 1. The van der Waals surface area contributed by atoms with Gasteiger partial charge in [0.05, 0.1) is 12.3 Å². The van der Waals surface area contributed by atoms with Crippen molar-refractivity contribution < 1.29 is 18.7 Å². The number of carbonyl (C=O) groups excluding carboxylic acids is 2. The van der Waals surface area contributed by atoms with Crippen LogP contribution < -0.4 is 10.1 Å². The van der Waals surface area contributed by atoms with Gasteiger partial charge in [-0.2, -0.15) is 0 Å². The molecular formula is C27H25NO4. The fourth-order valence-corrected chi connectivity index (χ4v) is 3.41. The Bertz CT molecular complexity index is 1250. The number of unbranched alkanes of at least 4 members (excludes halogenated alkanes) is 1. The number of ether oxygens (including phenoxy) is 1. The first kappa shape index (κ1) is 21.4. The van der Waals surface area contributed by atoms with Crippen LogP contribution >= 0.6 is 0 Å². The van der Waals surface area contributed by atoms with Crippen LogP contribution in [0, 0.1) is 6.92 Å². The molecule has 1 heterocycles. The number of aryl methyl sites for hydroxylation is 1. The molecule has 0 atom stereocenters. The van der Waals surface area contributed by atoms with Crippen LogP contribution in [0.25, 0.3) is 11.0 Å². The summed E-state index contributed by atoms with van der Waals surface area (Å²) in [6.45, 7) is 4.66. The van der Waals surface area contributed by atoms with Crippen LogP contribution in [-0.4, -0.2) is 18.3 Å². The van der Waals surface area contributed by atoms with Gasteiger partial charge >= 0.3 is 0 Å². The average Bonchev–Trinajstić information content (AvgIpc) is 3.18. The Kier molecular flexibility index (Phi) is 6.36. The minimum Gasteiger partial charge on any atom is -0.494 e. The maximum absolute atomic E-state index is 13.2. The second kappa shape index (κ2) is 9.52. The van der Waals surface area contributed by atoms with E-state index in [4.69, 9.17) is 9.15 Å². The topological polar surface area (TPSA) is 68.5 Å². The van der Waals surface area contributed by atoms with E-state index in [0.29, 0.717) is 40.1 Å². The van der Waals surface area contributed by atoms with E-state index in [2.05, 4.69) is 12.2 Å². The van der Waals surface area contributed by atoms with Crippen molar-refractivity contribution in [2.75, 3.05) is 11.9 Å². The van der Waals surface area contributed by atoms with Crippen molar-refractivity contribution in [1.82, 2.24) is 0 Å². The third-order valence-corrected chi connectivity index (χ3v) is 5.22. The van der Waals surface area contributed by atoms with Crippen molar-refractivity contribution in [3.63, 3.8) is 0 Å². The Labute approximate surface area is 187 Å². The molecule has 3 aromatic carbocycles. The summed E-state index contributed by atoms with van der Waals surface area (Å²) in [5, 5.41) is 3.57. The Morgan fingerprint density at radius 2 is 1.72 bits per heavy atom. The number of rotatable bonds is 8. The number of furan rings is 1. The first-order valence-electron chi connectivity index (χ1n) is 10.7. The van der Waals surface area contributed by atoms with Crippen molar-refractivity contribution in [2.45, 2.75) is 26.7 Å². The monoisotopic (exact) mass is 427 g/mol. The lowest BCUT2D eigenvalue weighted by Crippen LogP contribution is -2.14. The average molecular weight is 428 g/mol. The van der Waals surface area contributed by atoms with E-state index in [1.165, 1.54) is 0 Å². The van der Waals surface area contributed by atoms with E-state index in [0.717, 1.165) is 18.4 Å². The quantitative estimate of drug-likeness (QED) is 0.261. The summed E-state index contributed by atoms with van der Waals surface area (Å²) < 4.78 is 11.6. The van der Waals surface area contributed by atoms with Gasteiger partial charge in [0.1, 0.15) is 11.3 Å². The van der Waals surface area contributed by atoms with Crippen molar-refractivity contribution in [3.8, 4) is 5.75 Å². The molecular weight excluding hydrogens is 402 g/mol. The van der Waals surface area contributed by atoms with Crippen LogP contribution in [0.1, 0.15) is 51.8 Å². The smallest absolute Gasteiger partial charge is 0.255 e. The highest BCUT2D eigenvalue weighted by Crippen LogP contribution is 2.33. The highest BCUT2D eigenvalue weighted by atomic mass is 16.5. The molecule has 0 fully saturated rings. The summed E-state index contributed by atoms with van der Waals surface area (Å²) >= 11 is 0. The third-order valence-electron chi connectivity index (χ3n) is 5.22. The van der Waals surface area contributed by atoms with Gasteiger partial charge in [-0.25, -0.2) is 0 Å². The van der Waals surface area contributed by atoms with E-state index >= 15 is 0 Å². The van der Waals surface area contributed by atoms with Crippen LogP contribution in [0.4, 0.5) is 5.69 Å². The number of carbonyl (C=O) groups is 2. The van der Waals surface area contributed by atoms with Crippen LogP contribution in [0.15, 0.2) is 77.2 Å². The normalized spacial score (nSPS) is 10.8. The number of hydrogen-bond acceptors (Lipinski definition) is 4. The molecule has 0 radical (unpaired) electrons. The zero-order valence-electron chi connectivity index (χ0n) is 18.2. The van der Waals surface area contributed by atoms with Gasteiger partial charge < -0.3 is 14.5 Å². The number of para-hydroxylation sites is 1. The molecule has 162 valence electrons. The maximum Gasteiger partial charge on any atom is 0.255 e. The first-order valence-corrected chi connectivity index (χ1v) is 10.7. The highest BCUT2D eigenvalue weighted by molar-refractivity contribution is 6.18. The van der Waals surface area contributed by atoms with Crippen molar-refractivity contribution in [3.05, 3.63) is 95.2 Å². The highest BCUT2D eigenvalue weighted by Gasteiger charge is 2.23. The summed E-state index contributed by atoms with van der Waals surface area (Å²) in [6, 6.07) is 21.6. The molecule has 4 rings (SSSR count). The van der Waals surface area contributed by atoms with E-state index in [1.54, 1.807) is 36.4 Å². The predicted octanol–water partition coefficient (Wildman–Crippen LogP) is 6.40. The van der Waals surface area contributed by atoms with Crippen LogP contribution in [0.3, 0.4) is 0 Å². The maximum atomic E-state index is 13.2. The zero-order chi connectivity index (χ0) is 22.5. The fourth-order valence-electron chi connectivity index (χ4n) is 3.41. The number of ketones is 1. The van der Waals surface area contributed by atoms with Gasteiger partial charge in [0.25, 0.3) is 5.91 Å². The lowest BCUT2D eigenvalue weighted by molar-refractivity contribution is 0.101. The van der Waals surface area contributed by atoms with Crippen LogP contribution in [-0.2, 0) is 0 Å². The summed E-state index contributed by atoms with van der Waals surface area (Å²) in [4.78, 5) is 26.3. The third kappa shape index (κ3) is 4.57. The standard InChI is InChI=1S/C27H25NO4/c1-3-4-16-31-21-9-7-8-20(17-21)27(30)28-24-22-10-5-6-11-23(22)32-26(24)25(29)19-14-12-18(2)13-15-19/h5-15,17H,3-4,16H2,1-2H3,(H,28,30). The molecule has 1 N–H and O–H groups in total. The first-order chi connectivity index (χ1) is 15.6. The summed E-state index contributed by atoms with van der Waals surface area (Å²) in [6.07, 6.45) is 1.98. The molecule has 0 aliphatic rings. The van der Waals surface area contributed by atoms with E-state index in [1.807, 2.05) is 43.3 Å². The molecule has 1 amide bonds. The lowest BCUT2D eigenvalue weighted by atomic mass is 10.1. The summed E-state index contributed by atoms with van der Waals surface area (Å²) in [5.41, 5.74) is 2.90. The lowest BCUT2D eigenvalue weighted by Gasteiger charge is -2.09. The Morgan fingerprint density at radius 3 is 2.50 bits per heavy atom. The van der Waals surface area contributed by atoms with Gasteiger partial charge in [-0.3, -0.25) is 9.59 Å². The van der Waals surface area contributed by atoms with Gasteiger partial charge in [-0.15, -0.1) is 0 Å². The Morgan fingerprint density at radius 1 is 0.938 bits per heavy atom. The van der Waals surface area contributed by atoms with E-state index < -0.39 is 0 Å². The Hall–Kier alpha value is -3.86. The minimum absolute atomic E-state index is 0.110. The molecule has 0 saturated heterocycles. The molecule has 0 bridgehead atoms. The zero-order valence-corrected chi connectivity index (χ0v) is 18.2. The van der Waals surface area contributed by atoms with Gasteiger partial charge in [-0.1, -0.05) is 61.4 Å². The number of nitrogens with one attached hydrogen (secondary N) is 1. The summed E-state index contributed by atoms with van der Waals surface area (Å²) in [5.74, 6) is 0.126. The molecule has 0 aliphatic heterocycles. The van der Waals surface area contributed by atoms with E-state index in [9.17, 15) is 9.59 Å². The molecule has 5 nitrogen and oxygen atoms in total. The molecule has 5 heteroatoms. The Balaban J connectivity index is 1.66. The molecule has 4 aromatic rings. The van der Waals surface area contributed by atoms with Gasteiger partial charge in [-0.05, 0) is 43.7 Å². The molecule has 1 aromatic heterocycles. The molecule has 32 heavy (non-hydrogen) atoms. The van der Waals surface area contributed by atoms with Crippen molar-refractivity contribution >= 4 is 28.3 Å². The molecule has 0 saturated carbocycles. The van der Waals surface area contributed by atoms with Crippen molar-refractivity contribution in [1.29, 1.82) is 0 Å². The van der Waals surface area contributed by atoms with Gasteiger partial charge in [0, 0.05) is 16.5 Å². The predicted molar refractivity (Wildman–Crippen MR) is 126 cm³/mol. The molecule has 0 aliphatic carbocycles. The number of benzene rings is 3. The van der Waals surface area contributed by atoms with Gasteiger partial charge in [0.15, 0.2) is 5.76 Å². The van der Waals surface area contributed by atoms with Crippen LogP contribution in [0.5, 0.6) is 5.75 Å². The molecule has 0 spiro atoms. The van der Waals surface area contributed by atoms with Crippen LogP contribution in [0.2, 0.25) is 0 Å². The SMILES string of the molecule is CCCCOc1cccc(C(=O)Nc2c(C(=O)c3ccc(C)cc3)oc3ccccc23)c1. The van der Waals surface area contributed by atoms with Crippen molar-refractivity contribution in [2.24, 2.45) is 0 Å². The van der Waals surface area contributed by atoms with E-state index in [-0.39, 0.29) is 17.5 Å². The fraction of sp³-hybridized carbons (Fsp3) is 0.185. The molecule has 0 unspecified atom stereocenters. The minimum atomic E-state index is -0.338. The number of fused-ring (bicyclic) bond motifs is 1. The second-order valence-corrected chi connectivity index (χ2v) is 7.68. The largest absolute Gasteiger partial charge is 0.494 e. The van der Waals surface area contributed by atoms with Gasteiger partial charge in [0.2, 0.25) is 5.78 Å². The number of anilines is 1. The summed E-state index contributed by atoms with van der Waals surface area (Å²) in [7, 11) is 0. The second-order valence-electron chi connectivity index (χ2n) is 7.68.